The maximum atomic E-state index is 11.7. The first-order valence-electron chi connectivity index (χ1n) is 10.3. The van der Waals surface area contributed by atoms with Crippen molar-refractivity contribution in [1.29, 1.82) is 0 Å². The third kappa shape index (κ3) is 5.35. The number of rotatable bonds is 5. The Labute approximate surface area is 158 Å². The van der Waals surface area contributed by atoms with Crippen LogP contribution in [0.5, 0.6) is 0 Å². The summed E-state index contributed by atoms with van der Waals surface area (Å²) in [5.74, 6) is 1.60. The molecule has 0 radical (unpaired) electrons. The molecule has 3 atom stereocenters. The van der Waals surface area contributed by atoms with Gasteiger partial charge in [0.2, 0.25) is 0 Å². The molecule has 0 amide bonds. The van der Waals surface area contributed by atoms with Gasteiger partial charge in [0.15, 0.2) is 15.8 Å². The van der Waals surface area contributed by atoms with E-state index in [4.69, 9.17) is 9.73 Å². The van der Waals surface area contributed by atoms with Crippen molar-refractivity contribution in [3.05, 3.63) is 0 Å². The van der Waals surface area contributed by atoms with E-state index in [2.05, 4.69) is 24.5 Å². The van der Waals surface area contributed by atoms with Crippen LogP contribution in [-0.4, -0.2) is 56.7 Å². The van der Waals surface area contributed by atoms with Crippen LogP contribution in [0, 0.1) is 5.92 Å². The van der Waals surface area contributed by atoms with Crippen molar-refractivity contribution in [3.63, 3.8) is 0 Å². The largest absolute Gasteiger partial charge is 0.375 e. The molecule has 3 fully saturated rings. The van der Waals surface area contributed by atoms with E-state index >= 15 is 0 Å². The zero-order chi connectivity index (χ0) is 18.6. The van der Waals surface area contributed by atoms with Crippen molar-refractivity contribution in [2.75, 3.05) is 24.7 Å². The van der Waals surface area contributed by atoms with Crippen molar-refractivity contribution >= 4 is 15.8 Å². The molecular weight excluding hydrogens is 350 g/mol. The molecule has 1 spiro atoms. The maximum absolute atomic E-state index is 11.7. The minimum Gasteiger partial charge on any atom is -0.375 e. The maximum Gasteiger partial charge on any atom is 0.191 e. The average molecular weight is 386 g/mol. The highest BCUT2D eigenvalue weighted by Crippen LogP contribution is 2.39. The molecule has 2 heterocycles. The van der Waals surface area contributed by atoms with Gasteiger partial charge in [-0.15, -0.1) is 0 Å². The second-order valence-electron chi connectivity index (χ2n) is 8.48. The van der Waals surface area contributed by atoms with Gasteiger partial charge in [0.25, 0.3) is 0 Å². The van der Waals surface area contributed by atoms with Crippen molar-refractivity contribution in [2.45, 2.75) is 82.9 Å². The molecule has 0 aromatic rings. The number of hydrogen-bond acceptors (Lipinski definition) is 4. The van der Waals surface area contributed by atoms with Crippen LogP contribution in [0.15, 0.2) is 4.99 Å². The van der Waals surface area contributed by atoms with Gasteiger partial charge in [-0.3, -0.25) is 4.99 Å². The van der Waals surface area contributed by atoms with Crippen LogP contribution in [0.3, 0.4) is 0 Å². The number of ether oxygens (including phenoxy) is 1. The summed E-state index contributed by atoms with van der Waals surface area (Å²) in [6.07, 6.45) is 8.71. The number of hydrogen-bond donors (Lipinski definition) is 2. The first-order chi connectivity index (χ1) is 12.4. The smallest absolute Gasteiger partial charge is 0.191 e. The van der Waals surface area contributed by atoms with Gasteiger partial charge < -0.3 is 15.4 Å². The molecule has 26 heavy (non-hydrogen) atoms. The quantitative estimate of drug-likeness (QED) is 0.560. The highest BCUT2D eigenvalue weighted by molar-refractivity contribution is 7.91. The molecule has 2 aliphatic heterocycles. The van der Waals surface area contributed by atoms with E-state index in [0.29, 0.717) is 24.4 Å². The summed E-state index contributed by atoms with van der Waals surface area (Å²) in [5, 5.41) is 7.11. The van der Waals surface area contributed by atoms with Crippen LogP contribution in [0.1, 0.15) is 65.2 Å². The fraction of sp³-hybridized carbons (Fsp3) is 0.947. The predicted octanol–water partition coefficient (Wildman–Crippen LogP) is 2.25. The summed E-state index contributed by atoms with van der Waals surface area (Å²) >= 11 is 0. The Morgan fingerprint density at radius 3 is 2.73 bits per heavy atom. The van der Waals surface area contributed by atoms with E-state index in [1.165, 1.54) is 25.7 Å². The minimum atomic E-state index is -2.84. The molecule has 1 saturated carbocycles. The monoisotopic (exact) mass is 385 g/mol. The Morgan fingerprint density at radius 2 is 2.08 bits per heavy atom. The number of nitrogens with zero attached hydrogens (tertiary/aromatic N) is 1. The van der Waals surface area contributed by atoms with Gasteiger partial charge in [-0.1, -0.05) is 19.8 Å². The first-order valence-corrected chi connectivity index (χ1v) is 12.1. The molecule has 150 valence electrons. The van der Waals surface area contributed by atoms with E-state index in [0.717, 1.165) is 38.2 Å². The van der Waals surface area contributed by atoms with Gasteiger partial charge in [-0.25, -0.2) is 8.42 Å². The SMILES string of the molecule is CCC(C)NC(=NCC1CCS(=O)(=O)C1)NC1CCOC2(CCCC2)C1. The number of nitrogens with one attached hydrogen (secondary N) is 2. The van der Waals surface area contributed by atoms with E-state index in [1.807, 2.05) is 0 Å². The van der Waals surface area contributed by atoms with Gasteiger partial charge in [0.05, 0.1) is 17.1 Å². The Bertz CT molecular complexity index is 599. The number of guanidine groups is 1. The van der Waals surface area contributed by atoms with E-state index in [1.54, 1.807) is 0 Å². The molecule has 2 N–H and O–H groups in total. The first kappa shape index (κ1) is 19.9. The lowest BCUT2D eigenvalue weighted by Crippen LogP contribution is -2.52. The zero-order valence-electron chi connectivity index (χ0n) is 16.3. The molecule has 0 aromatic heterocycles. The second-order valence-corrected chi connectivity index (χ2v) is 10.7. The normalized spacial score (nSPS) is 31.8. The molecule has 6 nitrogen and oxygen atoms in total. The molecule has 3 aliphatic rings. The summed E-state index contributed by atoms with van der Waals surface area (Å²) < 4.78 is 29.5. The highest BCUT2D eigenvalue weighted by Gasteiger charge is 2.40. The number of sulfone groups is 1. The predicted molar refractivity (Wildman–Crippen MR) is 105 cm³/mol. The molecule has 0 aromatic carbocycles. The summed E-state index contributed by atoms with van der Waals surface area (Å²) in [6.45, 7) is 5.70. The van der Waals surface area contributed by atoms with Crippen LogP contribution < -0.4 is 10.6 Å². The Hall–Kier alpha value is -0.820. The molecule has 3 rings (SSSR count). The van der Waals surface area contributed by atoms with Gasteiger partial charge >= 0.3 is 0 Å². The molecule has 0 bridgehead atoms. The summed E-state index contributed by atoms with van der Waals surface area (Å²) in [6, 6.07) is 0.721. The fourth-order valence-electron chi connectivity index (χ4n) is 4.42. The van der Waals surface area contributed by atoms with E-state index < -0.39 is 9.84 Å². The van der Waals surface area contributed by atoms with Crippen molar-refractivity contribution in [3.8, 4) is 0 Å². The van der Waals surface area contributed by atoms with Crippen molar-refractivity contribution in [1.82, 2.24) is 10.6 Å². The molecular formula is C19H35N3O3S. The number of aliphatic imine (C=N–C) groups is 1. The lowest BCUT2D eigenvalue weighted by Gasteiger charge is -2.39. The molecule has 1 aliphatic carbocycles. The Balaban J connectivity index is 1.61. The molecule has 2 saturated heterocycles. The zero-order valence-corrected chi connectivity index (χ0v) is 17.1. The van der Waals surface area contributed by atoms with Crippen LogP contribution in [0.4, 0.5) is 0 Å². The molecule has 3 unspecified atom stereocenters. The third-order valence-corrected chi connectivity index (χ3v) is 8.02. The fourth-order valence-corrected chi connectivity index (χ4v) is 6.27. The second kappa shape index (κ2) is 8.46. The summed E-state index contributed by atoms with van der Waals surface area (Å²) in [4.78, 5) is 4.76. The topological polar surface area (TPSA) is 79.8 Å². The van der Waals surface area contributed by atoms with Crippen LogP contribution in [-0.2, 0) is 14.6 Å². The highest BCUT2D eigenvalue weighted by atomic mass is 32.2. The van der Waals surface area contributed by atoms with Crippen molar-refractivity contribution < 1.29 is 13.2 Å². The van der Waals surface area contributed by atoms with Gasteiger partial charge in [0, 0.05) is 25.2 Å². The van der Waals surface area contributed by atoms with Crippen LogP contribution in [0.25, 0.3) is 0 Å². The lowest BCUT2D eigenvalue weighted by molar-refractivity contribution is -0.0815. The Morgan fingerprint density at radius 1 is 1.31 bits per heavy atom. The Kier molecular flexibility index (Phi) is 6.49. The minimum absolute atomic E-state index is 0.0803. The van der Waals surface area contributed by atoms with Gasteiger partial charge in [-0.05, 0) is 51.4 Å². The van der Waals surface area contributed by atoms with Crippen LogP contribution >= 0.6 is 0 Å². The van der Waals surface area contributed by atoms with Gasteiger partial charge in [0.1, 0.15) is 0 Å². The third-order valence-electron chi connectivity index (χ3n) is 6.18. The van der Waals surface area contributed by atoms with E-state index in [-0.39, 0.29) is 17.3 Å². The average Bonchev–Trinajstić information content (AvgIpc) is 3.18. The lowest BCUT2D eigenvalue weighted by atomic mass is 9.89. The summed E-state index contributed by atoms with van der Waals surface area (Å²) in [5.41, 5.74) is 0.0803. The molecule has 7 heteroatoms. The van der Waals surface area contributed by atoms with Gasteiger partial charge in [-0.2, -0.15) is 0 Å². The standard InChI is InChI=1S/C19H35N3O3S/c1-3-15(2)21-18(20-13-16-7-11-26(23,24)14-16)22-17-6-10-25-19(12-17)8-4-5-9-19/h15-17H,3-14H2,1-2H3,(H2,20,21,22). The summed E-state index contributed by atoms with van der Waals surface area (Å²) in [7, 11) is -2.84. The van der Waals surface area contributed by atoms with E-state index in [9.17, 15) is 8.42 Å². The van der Waals surface area contributed by atoms with Crippen molar-refractivity contribution in [2.24, 2.45) is 10.9 Å². The van der Waals surface area contributed by atoms with Crippen LogP contribution in [0.2, 0.25) is 0 Å².